The SMILES string of the molecule is COCCCN1C(=O)CNC1c1ccc(C)cc1C. The molecule has 1 aromatic carbocycles. The molecule has 104 valence electrons. The summed E-state index contributed by atoms with van der Waals surface area (Å²) in [6, 6.07) is 6.37. The number of hydrogen-bond donors (Lipinski definition) is 1. The molecule has 19 heavy (non-hydrogen) atoms. The number of nitrogens with zero attached hydrogens (tertiary/aromatic N) is 1. The van der Waals surface area contributed by atoms with Gasteiger partial charge in [0.25, 0.3) is 0 Å². The van der Waals surface area contributed by atoms with Gasteiger partial charge in [0.2, 0.25) is 5.91 Å². The number of rotatable bonds is 5. The molecule has 1 saturated heterocycles. The molecule has 0 aliphatic carbocycles. The number of benzene rings is 1. The minimum Gasteiger partial charge on any atom is -0.385 e. The molecular weight excluding hydrogens is 240 g/mol. The van der Waals surface area contributed by atoms with Gasteiger partial charge < -0.3 is 9.64 Å². The second-order valence-electron chi connectivity index (χ2n) is 5.08. The monoisotopic (exact) mass is 262 g/mol. The average Bonchev–Trinajstić information content (AvgIpc) is 2.72. The molecule has 1 N–H and O–H groups in total. The van der Waals surface area contributed by atoms with E-state index in [2.05, 4.69) is 37.4 Å². The first-order chi connectivity index (χ1) is 9.13. The predicted molar refractivity (Wildman–Crippen MR) is 74.9 cm³/mol. The van der Waals surface area contributed by atoms with Crippen molar-refractivity contribution in [2.24, 2.45) is 0 Å². The largest absolute Gasteiger partial charge is 0.385 e. The lowest BCUT2D eigenvalue weighted by atomic mass is 10.0. The normalized spacial score (nSPS) is 19.2. The molecule has 1 unspecified atom stereocenters. The Bertz CT molecular complexity index is 459. The number of aryl methyl sites for hydroxylation is 2. The fourth-order valence-electron chi connectivity index (χ4n) is 2.58. The molecule has 1 atom stereocenters. The molecule has 0 bridgehead atoms. The van der Waals surface area contributed by atoms with Gasteiger partial charge in [-0.3, -0.25) is 10.1 Å². The van der Waals surface area contributed by atoms with Gasteiger partial charge in [0.15, 0.2) is 0 Å². The molecule has 4 nitrogen and oxygen atoms in total. The summed E-state index contributed by atoms with van der Waals surface area (Å²) in [6.45, 7) is 6.02. The van der Waals surface area contributed by atoms with E-state index in [4.69, 9.17) is 4.74 Å². The summed E-state index contributed by atoms with van der Waals surface area (Å²) in [6.07, 6.45) is 0.871. The van der Waals surface area contributed by atoms with Crippen molar-refractivity contribution in [3.8, 4) is 0 Å². The minimum absolute atomic E-state index is 0.00459. The van der Waals surface area contributed by atoms with Gasteiger partial charge in [-0.05, 0) is 31.4 Å². The van der Waals surface area contributed by atoms with Crippen molar-refractivity contribution >= 4 is 5.91 Å². The quantitative estimate of drug-likeness (QED) is 0.822. The molecule has 1 aromatic rings. The van der Waals surface area contributed by atoms with Crippen LogP contribution in [0.2, 0.25) is 0 Å². The molecule has 4 heteroatoms. The van der Waals surface area contributed by atoms with Crippen molar-refractivity contribution in [3.63, 3.8) is 0 Å². The zero-order valence-electron chi connectivity index (χ0n) is 11.9. The first-order valence-corrected chi connectivity index (χ1v) is 6.72. The van der Waals surface area contributed by atoms with Crippen LogP contribution < -0.4 is 5.32 Å². The summed E-state index contributed by atoms with van der Waals surface area (Å²) in [5.74, 6) is 0.168. The van der Waals surface area contributed by atoms with Gasteiger partial charge in [-0.25, -0.2) is 0 Å². The molecule has 0 spiro atoms. The highest BCUT2D eigenvalue weighted by Gasteiger charge is 2.31. The van der Waals surface area contributed by atoms with Crippen molar-refractivity contribution in [3.05, 3.63) is 34.9 Å². The Morgan fingerprint density at radius 2 is 2.21 bits per heavy atom. The Balaban J connectivity index is 2.15. The fourth-order valence-corrected chi connectivity index (χ4v) is 2.58. The third-order valence-electron chi connectivity index (χ3n) is 3.55. The maximum absolute atomic E-state index is 12.0. The van der Waals surface area contributed by atoms with Crippen LogP contribution in [0.15, 0.2) is 18.2 Å². The highest BCUT2D eigenvalue weighted by atomic mass is 16.5. The minimum atomic E-state index is 0.00459. The molecule has 0 aromatic heterocycles. The van der Waals surface area contributed by atoms with Crippen LogP contribution in [0.1, 0.15) is 29.3 Å². The molecule has 1 amide bonds. The standard InChI is InChI=1S/C15H22N2O2/c1-11-5-6-13(12(2)9-11)15-16-10-14(18)17(15)7-4-8-19-3/h5-6,9,15-16H,4,7-8,10H2,1-3H3. The van der Waals surface area contributed by atoms with E-state index in [-0.39, 0.29) is 12.1 Å². The Labute approximate surface area is 114 Å². The molecule has 1 aliphatic rings. The summed E-state index contributed by atoms with van der Waals surface area (Å²) in [5.41, 5.74) is 3.66. The van der Waals surface area contributed by atoms with E-state index in [0.29, 0.717) is 13.2 Å². The highest BCUT2D eigenvalue weighted by molar-refractivity contribution is 5.81. The summed E-state index contributed by atoms with van der Waals surface area (Å²) < 4.78 is 5.06. The van der Waals surface area contributed by atoms with Gasteiger partial charge in [-0.2, -0.15) is 0 Å². The maximum Gasteiger partial charge on any atom is 0.238 e. The van der Waals surface area contributed by atoms with E-state index in [1.54, 1.807) is 7.11 Å². The van der Waals surface area contributed by atoms with Crippen LogP contribution in [0.3, 0.4) is 0 Å². The molecule has 2 rings (SSSR count). The van der Waals surface area contributed by atoms with E-state index >= 15 is 0 Å². The fraction of sp³-hybridized carbons (Fsp3) is 0.533. The molecule has 0 saturated carbocycles. The predicted octanol–water partition coefficient (Wildman–Crippen LogP) is 1.77. The Morgan fingerprint density at radius 1 is 1.42 bits per heavy atom. The molecule has 1 aliphatic heterocycles. The number of hydrogen-bond acceptors (Lipinski definition) is 3. The lowest BCUT2D eigenvalue weighted by Crippen LogP contribution is -2.32. The number of carbonyl (C=O) groups excluding carboxylic acids is 1. The van der Waals surface area contributed by atoms with Crippen LogP contribution in [-0.2, 0) is 9.53 Å². The molecule has 1 fully saturated rings. The van der Waals surface area contributed by atoms with Gasteiger partial charge in [-0.1, -0.05) is 23.8 Å². The van der Waals surface area contributed by atoms with Crippen LogP contribution in [0.25, 0.3) is 0 Å². The summed E-state index contributed by atoms with van der Waals surface area (Å²) in [7, 11) is 1.69. The van der Waals surface area contributed by atoms with Gasteiger partial charge >= 0.3 is 0 Å². The van der Waals surface area contributed by atoms with E-state index in [9.17, 15) is 4.79 Å². The lowest BCUT2D eigenvalue weighted by Gasteiger charge is -2.26. The van der Waals surface area contributed by atoms with E-state index in [1.165, 1.54) is 16.7 Å². The van der Waals surface area contributed by atoms with Crippen LogP contribution in [-0.4, -0.2) is 37.6 Å². The third-order valence-corrected chi connectivity index (χ3v) is 3.55. The van der Waals surface area contributed by atoms with Gasteiger partial charge in [0.05, 0.1) is 6.54 Å². The van der Waals surface area contributed by atoms with Gasteiger partial charge in [0, 0.05) is 20.3 Å². The molecular formula is C15H22N2O2. The van der Waals surface area contributed by atoms with E-state index < -0.39 is 0 Å². The Hall–Kier alpha value is -1.39. The third kappa shape index (κ3) is 3.14. The smallest absolute Gasteiger partial charge is 0.238 e. The van der Waals surface area contributed by atoms with Crippen molar-refractivity contribution < 1.29 is 9.53 Å². The number of amides is 1. The summed E-state index contributed by atoms with van der Waals surface area (Å²) >= 11 is 0. The van der Waals surface area contributed by atoms with Crippen LogP contribution in [0.4, 0.5) is 0 Å². The molecule has 1 heterocycles. The topological polar surface area (TPSA) is 41.6 Å². The van der Waals surface area contributed by atoms with Crippen molar-refractivity contribution in [2.75, 3.05) is 26.8 Å². The highest BCUT2D eigenvalue weighted by Crippen LogP contribution is 2.26. The van der Waals surface area contributed by atoms with Gasteiger partial charge in [0.1, 0.15) is 6.17 Å². The van der Waals surface area contributed by atoms with Crippen molar-refractivity contribution in [2.45, 2.75) is 26.4 Å². The number of carbonyl (C=O) groups is 1. The first kappa shape index (κ1) is 14.0. The Kier molecular flexibility index (Phi) is 4.56. The second kappa shape index (κ2) is 6.17. The van der Waals surface area contributed by atoms with E-state index in [1.807, 2.05) is 4.90 Å². The summed E-state index contributed by atoms with van der Waals surface area (Å²) in [5, 5.41) is 3.30. The van der Waals surface area contributed by atoms with Gasteiger partial charge in [-0.15, -0.1) is 0 Å². The zero-order chi connectivity index (χ0) is 13.8. The summed E-state index contributed by atoms with van der Waals surface area (Å²) in [4.78, 5) is 13.9. The number of ether oxygens (including phenoxy) is 1. The first-order valence-electron chi connectivity index (χ1n) is 6.72. The zero-order valence-corrected chi connectivity index (χ0v) is 11.9. The van der Waals surface area contributed by atoms with E-state index in [0.717, 1.165) is 13.0 Å². The molecule has 0 radical (unpaired) electrons. The van der Waals surface area contributed by atoms with Crippen LogP contribution in [0.5, 0.6) is 0 Å². The number of nitrogens with one attached hydrogen (secondary N) is 1. The second-order valence-corrected chi connectivity index (χ2v) is 5.08. The van der Waals surface area contributed by atoms with Crippen molar-refractivity contribution in [1.29, 1.82) is 0 Å². The van der Waals surface area contributed by atoms with Crippen molar-refractivity contribution in [1.82, 2.24) is 10.2 Å². The Morgan fingerprint density at radius 3 is 2.89 bits per heavy atom. The van der Waals surface area contributed by atoms with Crippen LogP contribution in [0, 0.1) is 13.8 Å². The number of methoxy groups -OCH3 is 1. The average molecular weight is 262 g/mol. The van der Waals surface area contributed by atoms with Crippen LogP contribution >= 0.6 is 0 Å². The lowest BCUT2D eigenvalue weighted by molar-refractivity contribution is -0.128. The maximum atomic E-state index is 12.0.